The lowest BCUT2D eigenvalue weighted by atomic mass is 9.79. The predicted molar refractivity (Wildman–Crippen MR) is 63.5 cm³/mol. The number of hydrogen-bond acceptors (Lipinski definition) is 1. The minimum atomic E-state index is 0.700. The molecule has 1 N–H and O–H groups in total. The zero-order valence-electron chi connectivity index (χ0n) is 10.3. The molecule has 1 heteroatoms. The van der Waals surface area contributed by atoms with E-state index in [1.165, 1.54) is 32.1 Å². The maximum atomic E-state index is 3.75. The van der Waals surface area contributed by atoms with Crippen molar-refractivity contribution in [3.8, 4) is 0 Å². The summed E-state index contributed by atoms with van der Waals surface area (Å²) in [5.74, 6) is 1.84. The quantitative estimate of drug-likeness (QED) is 0.726. The van der Waals surface area contributed by atoms with Crippen LogP contribution >= 0.6 is 0 Å². The Labute approximate surface area is 89.7 Å². The van der Waals surface area contributed by atoms with Gasteiger partial charge in [-0.05, 0) is 38.0 Å². The van der Waals surface area contributed by atoms with Crippen molar-refractivity contribution in [1.29, 1.82) is 0 Å². The molecule has 1 aliphatic carbocycles. The lowest BCUT2D eigenvalue weighted by molar-refractivity contribution is 0.221. The topological polar surface area (TPSA) is 12.0 Å². The van der Waals surface area contributed by atoms with E-state index in [-0.39, 0.29) is 0 Å². The summed E-state index contributed by atoms with van der Waals surface area (Å²) in [6, 6.07) is 1.50. The second-order valence-electron chi connectivity index (χ2n) is 5.34. The lowest BCUT2D eigenvalue weighted by Gasteiger charge is -2.33. The Balaban J connectivity index is 2.32. The molecule has 0 spiro atoms. The predicted octanol–water partition coefficient (Wildman–Crippen LogP) is 3.59. The van der Waals surface area contributed by atoms with Gasteiger partial charge in [-0.2, -0.15) is 0 Å². The van der Waals surface area contributed by atoms with Crippen LogP contribution in [0.25, 0.3) is 0 Å². The Bertz CT molecular complexity index is 153. The van der Waals surface area contributed by atoms with Crippen LogP contribution in [0.4, 0.5) is 0 Å². The van der Waals surface area contributed by atoms with Gasteiger partial charge in [0.1, 0.15) is 0 Å². The van der Waals surface area contributed by atoms with E-state index in [9.17, 15) is 0 Å². The van der Waals surface area contributed by atoms with Gasteiger partial charge in [-0.15, -0.1) is 0 Å². The first-order valence-electron chi connectivity index (χ1n) is 6.39. The summed E-state index contributed by atoms with van der Waals surface area (Å²) in [5, 5.41) is 3.75. The highest BCUT2D eigenvalue weighted by Crippen LogP contribution is 2.30. The van der Waals surface area contributed by atoms with E-state index in [1.54, 1.807) is 0 Å². The highest BCUT2D eigenvalue weighted by Gasteiger charge is 2.24. The van der Waals surface area contributed by atoms with Crippen molar-refractivity contribution in [3.63, 3.8) is 0 Å². The molecule has 3 atom stereocenters. The first-order chi connectivity index (χ1) is 6.63. The van der Waals surface area contributed by atoms with Gasteiger partial charge in [-0.1, -0.05) is 33.6 Å². The van der Waals surface area contributed by atoms with Crippen LogP contribution in [0.2, 0.25) is 0 Å². The average Bonchev–Trinajstić information content (AvgIpc) is 2.18. The summed E-state index contributed by atoms with van der Waals surface area (Å²) in [4.78, 5) is 0. The average molecular weight is 197 g/mol. The molecule has 1 nitrogen and oxygen atoms in total. The fourth-order valence-electron chi connectivity index (χ4n) is 2.50. The van der Waals surface area contributed by atoms with Gasteiger partial charge >= 0.3 is 0 Å². The Hall–Kier alpha value is -0.0400. The molecule has 1 fully saturated rings. The first kappa shape index (κ1) is 12.0. The molecule has 84 valence electrons. The van der Waals surface area contributed by atoms with Crippen molar-refractivity contribution >= 4 is 0 Å². The largest absolute Gasteiger partial charge is 0.312 e. The third-order valence-electron chi connectivity index (χ3n) is 3.79. The normalized spacial score (nSPS) is 30.6. The maximum absolute atomic E-state index is 3.75. The SMILES string of the molecule is CCC(C)NC1CCCC(C(C)C)C1. The van der Waals surface area contributed by atoms with Crippen LogP contribution in [0.3, 0.4) is 0 Å². The summed E-state index contributed by atoms with van der Waals surface area (Å²) >= 11 is 0. The van der Waals surface area contributed by atoms with Crippen LogP contribution in [0.15, 0.2) is 0 Å². The summed E-state index contributed by atoms with van der Waals surface area (Å²) in [5.41, 5.74) is 0. The minimum absolute atomic E-state index is 0.700. The highest BCUT2D eigenvalue weighted by molar-refractivity contribution is 4.80. The summed E-state index contributed by atoms with van der Waals surface area (Å²) in [7, 11) is 0. The monoisotopic (exact) mass is 197 g/mol. The zero-order chi connectivity index (χ0) is 10.6. The van der Waals surface area contributed by atoms with E-state index in [0.717, 1.165) is 17.9 Å². The Morgan fingerprint density at radius 1 is 1.21 bits per heavy atom. The second kappa shape index (κ2) is 5.75. The summed E-state index contributed by atoms with van der Waals surface area (Å²) in [6.07, 6.45) is 6.94. The smallest absolute Gasteiger partial charge is 0.00722 e. The Morgan fingerprint density at radius 2 is 1.93 bits per heavy atom. The Kier molecular flexibility index (Phi) is 4.94. The number of nitrogens with one attached hydrogen (secondary N) is 1. The first-order valence-corrected chi connectivity index (χ1v) is 6.39. The molecule has 0 aromatic heterocycles. The van der Waals surface area contributed by atoms with Crippen molar-refractivity contribution in [3.05, 3.63) is 0 Å². The van der Waals surface area contributed by atoms with Gasteiger partial charge in [0.25, 0.3) is 0 Å². The summed E-state index contributed by atoms with van der Waals surface area (Å²) in [6.45, 7) is 9.31. The fourth-order valence-corrected chi connectivity index (χ4v) is 2.50. The highest BCUT2D eigenvalue weighted by atomic mass is 14.9. The van der Waals surface area contributed by atoms with Gasteiger partial charge in [0.15, 0.2) is 0 Å². The molecule has 0 heterocycles. The molecule has 1 saturated carbocycles. The standard InChI is InChI=1S/C13H27N/c1-5-11(4)14-13-8-6-7-12(9-13)10(2)3/h10-14H,5-9H2,1-4H3. The third-order valence-corrected chi connectivity index (χ3v) is 3.79. The maximum Gasteiger partial charge on any atom is 0.00722 e. The van der Waals surface area contributed by atoms with Gasteiger partial charge < -0.3 is 5.32 Å². The van der Waals surface area contributed by atoms with E-state index in [0.29, 0.717) is 6.04 Å². The lowest BCUT2D eigenvalue weighted by Crippen LogP contribution is -2.40. The minimum Gasteiger partial charge on any atom is -0.312 e. The molecule has 0 saturated heterocycles. The molecular formula is C13H27N. The van der Waals surface area contributed by atoms with Crippen LogP contribution in [0.1, 0.15) is 59.8 Å². The van der Waals surface area contributed by atoms with Gasteiger partial charge in [0.05, 0.1) is 0 Å². The molecule has 1 rings (SSSR count). The van der Waals surface area contributed by atoms with Crippen molar-refractivity contribution in [2.24, 2.45) is 11.8 Å². The van der Waals surface area contributed by atoms with E-state index in [2.05, 4.69) is 33.0 Å². The van der Waals surface area contributed by atoms with E-state index < -0.39 is 0 Å². The van der Waals surface area contributed by atoms with Crippen LogP contribution in [0.5, 0.6) is 0 Å². The Morgan fingerprint density at radius 3 is 2.50 bits per heavy atom. The molecule has 0 amide bonds. The van der Waals surface area contributed by atoms with E-state index >= 15 is 0 Å². The third kappa shape index (κ3) is 3.61. The molecule has 0 aromatic carbocycles. The zero-order valence-corrected chi connectivity index (χ0v) is 10.3. The molecule has 14 heavy (non-hydrogen) atoms. The molecule has 3 unspecified atom stereocenters. The van der Waals surface area contributed by atoms with E-state index in [1.807, 2.05) is 0 Å². The fraction of sp³-hybridized carbons (Fsp3) is 1.00. The van der Waals surface area contributed by atoms with Crippen LogP contribution in [0, 0.1) is 11.8 Å². The van der Waals surface area contributed by atoms with Crippen molar-refractivity contribution in [1.82, 2.24) is 5.32 Å². The summed E-state index contributed by atoms with van der Waals surface area (Å²) < 4.78 is 0. The molecule has 1 aliphatic rings. The van der Waals surface area contributed by atoms with Crippen molar-refractivity contribution < 1.29 is 0 Å². The molecule has 0 bridgehead atoms. The number of hydrogen-bond donors (Lipinski definition) is 1. The van der Waals surface area contributed by atoms with Gasteiger partial charge in [-0.3, -0.25) is 0 Å². The van der Waals surface area contributed by atoms with Gasteiger partial charge in [0, 0.05) is 12.1 Å². The van der Waals surface area contributed by atoms with E-state index in [4.69, 9.17) is 0 Å². The molecule has 0 aliphatic heterocycles. The van der Waals surface area contributed by atoms with Crippen LogP contribution < -0.4 is 5.32 Å². The number of rotatable bonds is 4. The molecular weight excluding hydrogens is 170 g/mol. The second-order valence-corrected chi connectivity index (χ2v) is 5.34. The van der Waals surface area contributed by atoms with Crippen molar-refractivity contribution in [2.45, 2.75) is 71.9 Å². The van der Waals surface area contributed by atoms with Crippen molar-refractivity contribution in [2.75, 3.05) is 0 Å². The van der Waals surface area contributed by atoms with Crippen LogP contribution in [-0.4, -0.2) is 12.1 Å². The van der Waals surface area contributed by atoms with Gasteiger partial charge in [0.2, 0.25) is 0 Å². The molecule has 0 aromatic rings. The van der Waals surface area contributed by atoms with Crippen LogP contribution in [-0.2, 0) is 0 Å². The van der Waals surface area contributed by atoms with Gasteiger partial charge in [-0.25, -0.2) is 0 Å². The molecule has 0 radical (unpaired) electrons.